The van der Waals surface area contributed by atoms with Crippen molar-refractivity contribution in [3.63, 3.8) is 0 Å². The fourth-order valence-electron chi connectivity index (χ4n) is 3.35. The van der Waals surface area contributed by atoms with Gasteiger partial charge < -0.3 is 4.90 Å². The van der Waals surface area contributed by atoms with Crippen molar-refractivity contribution in [3.8, 4) is 10.6 Å². The van der Waals surface area contributed by atoms with Crippen LogP contribution in [-0.2, 0) is 13.5 Å². The number of pyridine rings is 1. The molecule has 7 heteroatoms. The lowest BCUT2D eigenvalue weighted by molar-refractivity contribution is 0.0695. The number of piperidine rings is 1. The van der Waals surface area contributed by atoms with Crippen LogP contribution in [0.4, 0.5) is 0 Å². The molecule has 4 rings (SSSR count). The van der Waals surface area contributed by atoms with Crippen LogP contribution in [0.2, 0.25) is 0 Å². The third-order valence-electron chi connectivity index (χ3n) is 4.79. The second-order valence-corrected chi connectivity index (χ2v) is 7.72. The van der Waals surface area contributed by atoms with E-state index in [1.165, 1.54) is 11.3 Å². The fourth-order valence-corrected chi connectivity index (χ4v) is 4.21. The maximum absolute atomic E-state index is 12.8. The smallest absolute Gasteiger partial charge is 0.265 e. The summed E-state index contributed by atoms with van der Waals surface area (Å²) in [6, 6.07) is 6.05. The van der Waals surface area contributed by atoms with Gasteiger partial charge in [-0.25, -0.2) is 4.98 Å². The average Bonchev–Trinajstić information content (AvgIpc) is 3.32. The Morgan fingerprint density at radius 2 is 2.08 bits per heavy atom. The lowest BCUT2D eigenvalue weighted by Gasteiger charge is -2.31. The van der Waals surface area contributed by atoms with E-state index in [-0.39, 0.29) is 5.91 Å². The predicted octanol–water partition coefficient (Wildman–Crippen LogP) is 3.03. The van der Waals surface area contributed by atoms with Crippen LogP contribution in [0, 0.1) is 5.92 Å². The molecule has 0 saturated carbocycles. The first-order chi connectivity index (χ1) is 12.7. The molecule has 0 radical (unpaired) electrons. The molecule has 26 heavy (non-hydrogen) atoms. The SMILES string of the molecule is Cn1cc(-c2ncc(C(=O)N3CCC(Cc4ccccn4)CC3)s2)cn1. The van der Waals surface area contributed by atoms with E-state index >= 15 is 0 Å². The first kappa shape index (κ1) is 16.9. The van der Waals surface area contributed by atoms with E-state index in [1.54, 1.807) is 17.1 Å². The van der Waals surface area contributed by atoms with Crippen molar-refractivity contribution in [1.82, 2.24) is 24.6 Å². The molecule has 0 aromatic carbocycles. The topological polar surface area (TPSA) is 63.9 Å². The van der Waals surface area contributed by atoms with Crippen LogP contribution in [0.1, 0.15) is 28.2 Å². The van der Waals surface area contributed by atoms with Gasteiger partial charge >= 0.3 is 0 Å². The van der Waals surface area contributed by atoms with Crippen molar-refractivity contribution in [1.29, 1.82) is 0 Å². The van der Waals surface area contributed by atoms with E-state index in [1.807, 2.05) is 36.5 Å². The van der Waals surface area contributed by atoms with Gasteiger partial charge in [0, 0.05) is 43.8 Å². The second-order valence-electron chi connectivity index (χ2n) is 6.69. The first-order valence-corrected chi connectivity index (χ1v) is 9.65. The monoisotopic (exact) mass is 367 g/mol. The van der Waals surface area contributed by atoms with Gasteiger partial charge in [-0.3, -0.25) is 14.5 Å². The van der Waals surface area contributed by atoms with Gasteiger partial charge in [0.1, 0.15) is 9.88 Å². The Morgan fingerprint density at radius 1 is 1.23 bits per heavy atom. The molecule has 0 bridgehead atoms. The summed E-state index contributed by atoms with van der Waals surface area (Å²) in [6.45, 7) is 1.60. The summed E-state index contributed by atoms with van der Waals surface area (Å²) < 4.78 is 1.74. The Balaban J connectivity index is 1.36. The molecule has 0 unspecified atom stereocenters. The maximum Gasteiger partial charge on any atom is 0.265 e. The highest BCUT2D eigenvalue weighted by atomic mass is 32.1. The highest BCUT2D eigenvalue weighted by Gasteiger charge is 2.25. The van der Waals surface area contributed by atoms with Crippen LogP contribution in [0.3, 0.4) is 0 Å². The number of aromatic nitrogens is 4. The van der Waals surface area contributed by atoms with Crippen LogP contribution >= 0.6 is 11.3 Å². The zero-order valence-electron chi connectivity index (χ0n) is 14.7. The summed E-state index contributed by atoms with van der Waals surface area (Å²) in [5, 5.41) is 5.00. The predicted molar refractivity (Wildman–Crippen MR) is 101 cm³/mol. The van der Waals surface area contributed by atoms with Crippen LogP contribution in [0.5, 0.6) is 0 Å². The Labute approximate surface area is 156 Å². The molecule has 0 N–H and O–H groups in total. The summed E-state index contributed by atoms with van der Waals surface area (Å²) in [6.07, 6.45) is 10.3. The van der Waals surface area contributed by atoms with Crippen molar-refractivity contribution in [2.45, 2.75) is 19.3 Å². The number of carbonyl (C=O) groups is 1. The van der Waals surface area contributed by atoms with E-state index in [0.717, 1.165) is 48.6 Å². The van der Waals surface area contributed by atoms with E-state index in [4.69, 9.17) is 0 Å². The highest BCUT2D eigenvalue weighted by Crippen LogP contribution is 2.27. The van der Waals surface area contributed by atoms with Crippen molar-refractivity contribution >= 4 is 17.2 Å². The molecule has 0 atom stereocenters. The summed E-state index contributed by atoms with van der Waals surface area (Å²) in [5.74, 6) is 0.690. The van der Waals surface area contributed by atoms with Crippen LogP contribution < -0.4 is 0 Å². The van der Waals surface area contributed by atoms with Gasteiger partial charge in [-0.2, -0.15) is 5.10 Å². The molecule has 1 amide bonds. The van der Waals surface area contributed by atoms with Crippen molar-refractivity contribution in [3.05, 3.63) is 53.6 Å². The van der Waals surface area contributed by atoms with Gasteiger partial charge in [0.15, 0.2) is 0 Å². The third kappa shape index (κ3) is 3.67. The standard InChI is InChI=1S/C19H21N5OS/c1-23-13-15(11-22-23)18-21-12-17(26-18)19(25)24-8-5-14(6-9-24)10-16-4-2-3-7-20-16/h2-4,7,11-14H,5-6,8-10H2,1H3. The number of hydrogen-bond acceptors (Lipinski definition) is 5. The van der Waals surface area contributed by atoms with Gasteiger partial charge in [-0.15, -0.1) is 11.3 Å². The largest absolute Gasteiger partial charge is 0.338 e. The van der Waals surface area contributed by atoms with Crippen molar-refractivity contribution in [2.24, 2.45) is 13.0 Å². The number of hydrogen-bond donors (Lipinski definition) is 0. The fraction of sp³-hybridized carbons (Fsp3) is 0.368. The molecule has 1 aliphatic rings. The number of rotatable bonds is 4. The first-order valence-electron chi connectivity index (χ1n) is 8.83. The summed E-state index contributed by atoms with van der Waals surface area (Å²) >= 11 is 1.44. The Hall–Kier alpha value is -2.54. The average molecular weight is 367 g/mol. The van der Waals surface area contributed by atoms with Gasteiger partial charge in [0.2, 0.25) is 0 Å². The molecule has 3 aromatic heterocycles. The number of carbonyl (C=O) groups excluding carboxylic acids is 1. The maximum atomic E-state index is 12.8. The normalized spacial score (nSPS) is 15.3. The number of likely N-dealkylation sites (tertiary alicyclic amines) is 1. The molecule has 3 aromatic rings. The van der Waals surface area contributed by atoms with E-state index in [2.05, 4.69) is 21.1 Å². The Kier molecular flexibility index (Phi) is 4.79. The van der Waals surface area contributed by atoms with E-state index in [9.17, 15) is 4.79 Å². The molecule has 0 spiro atoms. The zero-order chi connectivity index (χ0) is 17.9. The highest BCUT2D eigenvalue weighted by molar-refractivity contribution is 7.16. The molecule has 4 heterocycles. The molecule has 0 aliphatic carbocycles. The number of amides is 1. The third-order valence-corrected chi connectivity index (χ3v) is 5.83. The van der Waals surface area contributed by atoms with E-state index < -0.39 is 0 Å². The molecule has 1 fully saturated rings. The van der Waals surface area contributed by atoms with Crippen LogP contribution in [-0.4, -0.2) is 43.6 Å². The summed E-state index contributed by atoms with van der Waals surface area (Å²) in [5.41, 5.74) is 2.09. The minimum Gasteiger partial charge on any atom is -0.338 e. The van der Waals surface area contributed by atoms with Crippen molar-refractivity contribution in [2.75, 3.05) is 13.1 Å². The van der Waals surface area contributed by atoms with Gasteiger partial charge in [-0.1, -0.05) is 6.07 Å². The Bertz CT molecular complexity index is 880. The van der Waals surface area contributed by atoms with Crippen LogP contribution in [0.15, 0.2) is 43.0 Å². The number of thiazole rings is 1. The molecule has 1 aliphatic heterocycles. The zero-order valence-corrected chi connectivity index (χ0v) is 15.5. The Morgan fingerprint density at radius 3 is 2.77 bits per heavy atom. The van der Waals surface area contributed by atoms with Gasteiger partial charge in [0.05, 0.1) is 12.4 Å². The number of nitrogens with zero attached hydrogens (tertiary/aromatic N) is 5. The number of aryl methyl sites for hydroxylation is 1. The minimum atomic E-state index is 0.0916. The van der Waals surface area contributed by atoms with Crippen LogP contribution in [0.25, 0.3) is 10.6 Å². The molecule has 134 valence electrons. The van der Waals surface area contributed by atoms with Gasteiger partial charge in [0.25, 0.3) is 5.91 Å². The molecular formula is C19H21N5OS. The van der Waals surface area contributed by atoms with Gasteiger partial charge in [-0.05, 0) is 37.3 Å². The second kappa shape index (κ2) is 7.37. The molecular weight excluding hydrogens is 346 g/mol. The lowest BCUT2D eigenvalue weighted by Crippen LogP contribution is -2.38. The van der Waals surface area contributed by atoms with E-state index in [0.29, 0.717) is 10.8 Å². The quantitative estimate of drug-likeness (QED) is 0.711. The molecule has 1 saturated heterocycles. The summed E-state index contributed by atoms with van der Waals surface area (Å²) in [7, 11) is 1.87. The van der Waals surface area contributed by atoms with Crippen molar-refractivity contribution < 1.29 is 4.79 Å². The lowest BCUT2D eigenvalue weighted by atomic mass is 9.92. The summed E-state index contributed by atoms with van der Waals surface area (Å²) in [4.78, 5) is 24.2. The minimum absolute atomic E-state index is 0.0916. The molecule has 6 nitrogen and oxygen atoms in total.